The molecule has 0 amide bonds. The minimum absolute atomic E-state index is 0.716. The summed E-state index contributed by atoms with van der Waals surface area (Å²) in [5, 5.41) is 13.7. The lowest BCUT2D eigenvalue weighted by molar-refractivity contribution is 0.527. The van der Waals surface area contributed by atoms with E-state index in [9.17, 15) is 0 Å². The molecule has 0 spiro atoms. The van der Waals surface area contributed by atoms with E-state index < -0.39 is 0 Å². The van der Waals surface area contributed by atoms with Crippen LogP contribution in [0.3, 0.4) is 0 Å². The lowest BCUT2D eigenvalue weighted by Gasteiger charge is -2.08. The first-order chi connectivity index (χ1) is 13.9. The van der Waals surface area contributed by atoms with Gasteiger partial charge in [0.05, 0.1) is 0 Å². The molecule has 0 aliphatic carbocycles. The molecule has 0 bridgehead atoms. The smallest absolute Gasteiger partial charge is 0.00772 e. The topological polar surface area (TPSA) is 74.1 Å². The molecule has 6 N–H and O–H groups in total. The molecule has 170 valence electrons. The van der Waals surface area contributed by atoms with E-state index in [0.29, 0.717) is 6.54 Å². The summed E-state index contributed by atoms with van der Waals surface area (Å²) in [4.78, 5) is 0. The van der Waals surface area contributed by atoms with Gasteiger partial charge < -0.3 is 27.0 Å². The van der Waals surface area contributed by atoms with E-state index in [1.165, 1.54) is 90.0 Å². The van der Waals surface area contributed by atoms with Crippen LogP contribution in [0.4, 0.5) is 0 Å². The van der Waals surface area contributed by atoms with Gasteiger partial charge in [-0.15, -0.1) is 0 Å². The molecule has 0 radical (unpaired) electrons. The maximum Gasteiger partial charge on any atom is 0.00772 e. The number of rotatable bonds is 25. The van der Waals surface area contributed by atoms with Gasteiger partial charge in [-0.25, -0.2) is 0 Å². The van der Waals surface area contributed by atoms with Crippen LogP contribution >= 0.6 is 0 Å². The quantitative estimate of drug-likeness (QED) is 0.152. The fourth-order valence-corrected chi connectivity index (χ4v) is 3.40. The van der Waals surface area contributed by atoms with Gasteiger partial charge in [-0.3, -0.25) is 0 Å². The standard InChI is InChI=1S/C23H53N5/c1-2-3-4-5-6-7-8-9-10-11-12-13-14-16-25-18-20-27-22-23-28-21-19-26-17-15-24/h25-28H,2-24H2,1H3. The van der Waals surface area contributed by atoms with Crippen molar-refractivity contribution in [2.24, 2.45) is 5.73 Å². The summed E-state index contributed by atoms with van der Waals surface area (Å²) in [6.45, 7) is 11.3. The summed E-state index contributed by atoms with van der Waals surface area (Å²) < 4.78 is 0. The molecule has 0 aromatic rings. The second-order valence-corrected chi connectivity index (χ2v) is 8.03. The van der Waals surface area contributed by atoms with Gasteiger partial charge in [0.25, 0.3) is 0 Å². The highest BCUT2D eigenvalue weighted by Gasteiger charge is 1.94. The largest absolute Gasteiger partial charge is 0.329 e. The van der Waals surface area contributed by atoms with Gasteiger partial charge in [-0.2, -0.15) is 0 Å². The van der Waals surface area contributed by atoms with Crippen molar-refractivity contribution in [2.45, 2.75) is 90.4 Å². The SMILES string of the molecule is CCCCCCCCCCCCCCCNCCNCCNCCNCCN. The number of unbranched alkanes of at least 4 members (excludes halogenated alkanes) is 12. The van der Waals surface area contributed by atoms with Crippen molar-refractivity contribution in [1.82, 2.24) is 21.3 Å². The lowest BCUT2D eigenvalue weighted by Crippen LogP contribution is -2.36. The Morgan fingerprint density at radius 3 is 1.11 bits per heavy atom. The zero-order chi connectivity index (χ0) is 20.4. The van der Waals surface area contributed by atoms with Gasteiger partial charge in [0.2, 0.25) is 0 Å². The van der Waals surface area contributed by atoms with Crippen LogP contribution in [0.5, 0.6) is 0 Å². The Hall–Kier alpha value is -0.200. The Kier molecular flexibility index (Phi) is 26.6. The number of hydrogen-bond donors (Lipinski definition) is 5. The minimum Gasteiger partial charge on any atom is -0.329 e. The molecule has 5 heteroatoms. The Morgan fingerprint density at radius 1 is 0.393 bits per heavy atom. The normalized spacial score (nSPS) is 11.4. The fourth-order valence-electron chi connectivity index (χ4n) is 3.40. The maximum atomic E-state index is 5.43. The number of nitrogens with two attached hydrogens (primary N) is 1. The van der Waals surface area contributed by atoms with Crippen LogP contribution in [0.15, 0.2) is 0 Å². The Bertz CT molecular complexity index is 237. The second kappa shape index (κ2) is 26.8. The summed E-state index contributed by atoms with van der Waals surface area (Å²) in [5.74, 6) is 0. The van der Waals surface area contributed by atoms with Crippen LogP contribution < -0.4 is 27.0 Å². The van der Waals surface area contributed by atoms with Crippen LogP contribution in [0.2, 0.25) is 0 Å². The molecule has 0 fully saturated rings. The van der Waals surface area contributed by atoms with Gasteiger partial charge in [-0.1, -0.05) is 84.0 Å². The highest BCUT2D eigenvalue weighted by molar-refractivity contribution is 4.57. The van der Waals surface area contributed by atoms with E-state index >= 15 is 0 Å². The summed E-state index contributed by atoms with van der Waals surface area (Å²) >= 11 is 0. The summed E-state index contributed by atoms with van der Waals surface area (Å²) in [7, 11) is 0. The predicted octanol–water partition coefficient (Wildman–Crippen LogP) is 3.39. The van der Waals surface area contributed by atoms with Crippen LogP contribution in [-0.2, 0) is 0 Å². The third kappa shape index (κ3) is 25.8. The van der Waals surface area contributed by atoms with Crippen molar-refractivity contribution in [3.05, 3.63) is 0 Å². The highest BCUT2D eigenvalue weighted by Crippen LogP contribution is 2.12. The third-order valence-corrected chi connectivity index (χ3v) is 5.21. The summed E-state index contributed by atoms with van der Waals surface area (Å²) in [6, 6.07) is 0. The van der Waals surface area contributed by atoms with E-state index in [1.807, 2.05) is 0 Å². The molecule has 0 aromatic heterocycles. The van der Waals surface area contributed by atoms with E-state index in [2.05, 4.69) is 28.2 Å². The van der Waals surface area contributed by atoms with Crippen molar-refractivity contribution >= 4 is 0 Å². The monoisotopic (exact) mass is 399 g/mol. The molecule has 0 unspecified atom stereocenters. The number of hydrogen-bond acceptors (Lipinski definition) is 5. The summed E-state index contributed by atoms with van der Waals surface area (Å²) in [5.41, 5.74) is 5.43. The van der Waals surface area contributed by atoms with E-state index in [4.69, 9.17) is 5.73 Å². The van der Waals surface area contributed by atoms with Gasteiger partial charge in [0.1, 0.15) is 0 Å². The van der Waals surface area contributed by atoms with E-state index in [1.54, 1.807) is 0 Å². The molecular formula is C23H53N5. The highest BCUT2D eigenvalue weighted by atomic mass is 15.0. The molecule has 0 saturated heterocycles. The van der Waals surface area contributed by atoms with Crippen molar-refractivity contribution in [3.8, 4) is 0 Å². The van der Waals surface area contributed by atoms with E-state index in [0.717, 1.165) is 45.8 Å². The predicted molar refractivity (Wildman–Crippen MR) is 126 cm³/mol. The molecule has 0 heterocycles. The summed E-state index contributed by atoms with van der Waals surface area (Å²) in [6.07, 6.45) is 18.6. The first-order valence-electron chi connectivity index (χ1n) is 12.4. The molecule has 0 saturated carbocycles. The van der Waals surface area contributed by atoms with E-state index in [-0.39, 0.29) is 0 Å². The first kappa shape index (κ1) is 27.8. The van der Waals surface area contributed by atoms with Crippen molar-refractivity contribution in [2.75, 3.05) is 58.9 Å². The van der Waals surface area contributed by atoms with Crippen LogP contribution in [0.25, 0.3) is 0 Å². The van der Waals surface area contributed by atoms with Crippen molar-refractivity contribution in [3.63, 3.8) is 0 Å². The molecular weight excluding hydrogens is 346 g/mol. The van der Waals surface area contributed by atoms with Crippen molar-refractivity contribution < 1.29 is 0 Å². The van der Waals surface area contributed by atoms with Crippen LogP contribution in [0.1, 0.15) is 90.4 Å². The Labute approximate surface area is 176 Å². The molecule has 0 atom stereocenters. The molecule has 0 aliphatic heterocycles. The van der Waals surface area contributed by atoms with Crippen molar-refractivity contribution in [1.29, 1.82) is 0 Å². The van der Waals surface area contributed by atoms with Crippen LogP contribution in [-0.4, -0.2) is 58.9 Å². The Morgan fingerprint density at radius 2 is 0.714 bits per heavy atom. The number of nitrogens with one attached hydrogen (secondary N) is 4. The van der Waals surface area contributed by atoms with Crippen LogP contribution in [0, 0.1) is 0 Å². The molecule has 5 nitrogen and oxygen atoms in total. The Balaban J connectivity index is 2.96. The minimum atomic E-state index is 0.716. The average Bonchev–Trinajstić information content (AvgIpc) is 2.71. The molecule has 0 aromatic carbocycles. The first-order valence-corrected chi connectivity index (χ1v) is 12.4. The lowest BCUT2D eigenvalue weighted by atomic mass is 10.0. The second-order valence-electron chi connectivity index (χ2n) is 8.03. The van der Waals surface area contributed by atoms with Gasteiger partial charge >= 0.3 is 0 Å². The zero-order valence-corrected chi connectivity index (χ0v) is 19.1. The zero-order valence-electron chi connectivity index (χ0n) is 19.1. The molecule has 28 heavy (non-hydrogen) atoms. The third-order valence-electron chi connectivity index (χ3n) is 5.21. The van der Waals surface area contributed by atoms with Gasteiger partial charge in [0.15, 0.2) is 0 Å². The average molecular weight is 400 g/mol. The van der Waals surface area contributed by atoms with Gasteiger partial charge in [0, 0.05) is 52.4 Å². The molecule has 0 rings (SSSR count). The fraction of sp³-hybridized carbons (Fsp3) is 1.00. The molecule has 0 aliphatic rings. The van der Waals surface area contributed by atoms with Gasteiger partial charge in [-0.05, 0) is 13.0 Å². The maximum absolute atomic E-state index is 5.43.